The van der Waals surface area contributed by atoms with Crippen LogP contribution in [0, 0.1) is 0 Å². The van der Waals surface area contributed by atoms with E-state index in [1.807, 2.05) is 36.4 Å². The van der Waals surface area contributed by atoms with Crippen LogP contribution in [0.25, 0.3) is 0 Å². The summed E-state index contributed by atoms with van der Waals surface area (Å²) < 4.78 is 0. The van der Waals surface area contributed by atoms with E-state index in [9.17, 15) is 4.79 Å². The third-order valence-corrected chi connectivity index (χ3v) is 2.96. The van der Waals surface area contributed by atoms with E-state index in [0.717, 1.165) is 29.6 Å². The molecule has 0 amide bonds. The average Bonchev–Trinajstić information content (AvgIpc) is 2.39. The molecular weight excluding hydrogens is 220 g/mol. The van der Waals surface area contributed by atoms with E-state index in [1.165, 1.54) is 0 Å². The quantitative estimate of drug-likeness (QED) is 0.573. The van der Waals surface area contributed by atoms with Gasteiger partial charge in [0.15, 0.2) is 5.78 Å². The van der Waals surface area contributed by atoms with Gasteiger partial charge in [-0.2, -0.15) is 0 Å². The Labute approximate surface area is 100 Å². The van der Waals surface area contributed by atoms with Crippen molar-refractivity contribution in [3.63, 3.8) is 0 Å². The van der Waals surface area contributed by atoms with Crippen LogP contribution >= 0.6 is 11.6 Å². The minimum Gasteiger partial charge on any atom is -0.289 e. The van der Waals surface area contributed by atoms with Gasteiger partial charge in [-0.1, -0.05) is 42.5 Å². The highest BCUT2D eigenvalue weighted by molar-refractivity contribution is 6.22. The second-order valence-corrected chi connectivity index (χ2v) is 4.02. The summed E-state index contributed by atoms with van der Waals surface area (Å²) in [5, 5.41) is 0. The highest BCUT2D eigenvalue weighted by Crippen LogP contribution is 2.23. The summed E-state index contributed by atoms with van der Waals surface area (Å²) in [5.74, 6) is 0.483. The minimum absolute atomic E-state index is 0.0761. The highest BCUT2D eigenvalue weighted by Gasteiger charge is 2.17. The molecule has 0 spiro atoms. The lowest BCUT2D eigenvalue weighted by Crippen LogP contribution is -2.09. The number of allylic oxidation sites excluding steroid dienone is 4. The smallest absolute Gasteiger partial charge is 0.193 e. The Balaban J connectivity index is 2.29. The summed E-state index contributed by atoms with van der Waals surface area (Å²) in [4.78, 5) is 12.2. The van der Waals surface area contributed by atoms with Gasteiger partial charge in [-0.15, -0.1) is 11.6 Å². The standard InChI is InChI=1S/C14H13ClO/c15-10-12-8-4-5-9-13(12)14(16)11-6-2-1-3-7-11/h1-3,6-9H,4-5,10H2. The average molecular weight is 233 g/mol. The Bertz CT molecular complexity index is 443. The van der Waals surface area contributed by atoms with Crippen LogP contribution in [0.3, 0.4) is 0 Å². The zero-order valence-electron chi connectivity index (χ0n) is 8.95. The van der Waals surface area contributed by atoms with E-state index < -0.39 is 0 Å². The lowest BCUT2D eigenvalue weighted by atomic mass is 9.92. The molecule has 0 atom stereocenters. The van der Waals surface area contributed by atoms with Crippen molar-refractivity contribution in [2.45, 2.75) is 12.8 Å². The molecule has 0 unspecified atom stereocenters. The normalized spacial score (nSPS) is 15.3. The second kappa shape index (κ2) is 5.13. The van der Waals surface area contributed by atoms with Crippen LogP contribution in [0.15, 0.2) is 53.6 Å². The zero-order valence-corrected chi connectivity index (χ0v) is 9.70. The van der Waals surface area contributed by atoms with Gasteiger partial charge in [0.2, 0.25) is 0 Å². The largest absolute Gasteiger partial charge is 0.289 e. The van der Waals surface area contributed by atoms with Crippen molar-refractivity contribution < 1.29 is 4.79 Å². The molecule has 0 saturated carbocycles. The maximum Gasteiger partial charge on any atom is 0.193 e. The van der Waals surface area contributed by atoms with Crippen LogP contribution in [0.1, 0.15) is 23.2 Å². The Kier molecular flexibility index (Phi) is 3.58. The van der Waals surface area contributed by atoms with E-state index in [0.29, 0.717) is 5.88 Å². The molecule has 2 heteroatoms. The van der Waals surface area contributed by atoms with Gasteiger partial charge in [0.1, 0.15) is 0 Å². The fourth-order valence-corrected chi connectivity index (χ4v) is 2.09. The van der Waals surface area contributed by atoms with Gasteiger partial charge in [0.25, 0.3) is 0 Å². The van der Waals surface area contributed by atoms with Gasteiger partial charge in [0, 0.05) is 17.0 Å². The highest BCUT2D eigenvalue weighted by atomic mass is 35.5. The van der Waals surface area contributed by atoms with E-state index in [2.05, 4.69) is 6.08 Å². The fraction of sp³-hybridized carbons (Fsp3) is 0.214. The molecule has 0 saturated heterocycles. The molecule has 1 aliphatic rings. The van der Waals surface area contributed by atoms with Gasteiger partial charge in [-0.3, -0.25) is 4.79 Å². The molecule has 1 nitrogen and oxygen atoms in total. The Hall–Kier alpha value is -1.34. The van der Waals surface area contributed by atoms with Crippen molar-refractivity contribution in [3.05, 3.63) is 59.2 Å². The molecular formula is C14H13ClO. The SMILES string of the molecule is O=C(C1=CCCC=C1CCl)c1ccccc1. The fourth-order valence-electron chi connectivity index (χ4n) is 1.84. The number of carbonyl (C=O) groups excluding carboxylic acids is 1. The number of rotatable bonds is 3. The maximum absolute atomic E-state index is 12.2. The van der Waals surface area contributed by atoms with Gasteiger partial charge in [-0.05, 0) is 18.4 Å². The summed E-state index contributed by atoms with van der Waals surface area (Å²) in [5.41, 5.74) is 2.46. The first-order valence-electron chi connectivity index (χ1n) is 5.38. The molecule has 1 aliphatic carbocycles. The third-order valence-electron chi connectivity index (χ3n) is 2.68. The number of ketones is 1. The number of carbonyl (C=O) groups is 1. The lowest BCUT2D eigenvalue weighted by molar-refractivity contribution is 0.103. The molecule has 0 radical (unpaired) electrons. The van der Waals surface area contributed by atoms with Gasteiger partial charge in [-0.25, -0.2) is 0 Å². The third kappa shape index (κ3) is 2.25. The number of alkyl halides is 1. The summed E-state index contributed by atoms with van der Waals surface area (Å²) in [6.07, 6.45) is 5.96. The van der Waals surface area contributed by atoms with E-state index in [-0.39, 0.29) is 5.78 Å². The first-order chi connectivity index (χ1) is 7.83. The molecule has 0 bridgehead atoms. The van der Waals surface area contributed by atoms with Crippen LogP contribution in [-0.4, -0.2) is 11.7 Å². The first-order valence-corrected chi connectivity index (χ1v) is 5.91. The molecule has 0 N–H and O–H groups in total. The van der Waals surface area contributed by atoms with Crippen LogP contribution in [0.2, 0.25) is 0 Å². The molecule has 16 heavy (non-hydrogen) atoms. The van der Waals surface area contributed by atoms with Gasteiger partial charge >= 0.3 is 0 Å². The zero-order chi connectivity index (χ0) is 11.4. The van der Waals surface area contributed by atoms with Gasteiger partial charge in [0.05, 0.1) is 0 Å². The van der Waals surface area contributed by atoms with Crippen LogP contribution in [0.5, 0.6) is 0 Å². The summed E-state index contributed by atoms with van der Waals surface area (Å²) in [7, 11) is 0. The monoisotopic (exact) mass is 232 g/mol. The van der Waals surface area contributed by atoms with Crippen molar-refractivity contribution in [2.75, 3.05) is 5.88 Å². The summed E-state index contributed by atoms with van der Waals surface area (Å²) >= 11 is 5.85. The second-order valence-electron chi connectivity index (χ2n) is 3.75. The van der Waals surface area contributed by atoms with Crippen LogP contribution in [-0.2, 0) is 0 Å². The molecule has 0 aromatic heterocycles. The lowest BCUT2D eigenvalue weighted by Gasteiger charge is -2.13. The topological polar surface area (TPSA) is 17.1 Å². The van der Waals surface area contributed by atoms with E-state index in [1.54, 1.807) is 0 Å². The Morgan fingerprint density at radius 3 is 2.50 bits per heavy atom. The van der Waals surface area contributed by atoms with Crippen molar-refractivity contribution in [2.24, 2.45) is 0 Å². The Morgan fingerprint density at radius 1 is 1.12 bits per heavy atom. The van der Waals surface area contributed by atoms with Crippen molar-refractivity contribution in [1.82, 2.24) is 0 Å². The Morgan fingerprint density at radius 2 is 1.81 bits per heavy atom. The maximum atomic E-state index is 12.2. The molecule has 0 fully saturated rings. The van der Waals surface area contributed by atoms with Crippen molar-refractivity contribution in [3.8, 4) is 0 Å². The molecule has 2 rings (SSSR count). The number of halogens is 1. The van der Waals surface area contributed by atoms with Crippen LogP contribution < -0.4 is 0 Å². The molecule has 1 aromatic rings. The summed E-state index contributed by atoms with van der Waals surface area (Å²) in [6, 6.07) is 9.33. The number of Topliss-reactive ketones (excluding diaryl/α,β-unsaturated/α-hetero) is 1. The van der Waals surface area contributed by atoms with Gasteiger partial charge < -0.3 is 0 Å². The molecule has 82 valence electrons. The van der Waals surface area contributed by atoms with Crippen molar-refractivity contribution >= 4 is 17.4 Å². The first kappa shape index (κ1) is 11.2. The predicted molar refractivity (Wildman–Crippen MR) is 66.9 cm³/mol. The molecule has 0 heterocycles. The molecule has 1 aromatic carbocycles. The van der Waals surface area contributed by atoms with E-state index >= 15 is 0 Å². The predicted octanol–water partition coefficient (Wildman–Crippen LogP) is 3.75. The minimum atomic E-state index is 0.0761. The van der Waals surface area contributed by atoms with E-state index in [4.69, 9.17) is 11.6 Å². The molecule has 0 aliphatic heterocycles. The summed E-state index contributed by atoms with van der Waals surface area (Å²) in [6.45, 7) is 0. The number of hydrogen-bond acceptors (Lipinski definition) is 1. The number of hydrogen-bond donors (Lipinski definition) is 0. The van der Waals surface area contributed by atoms with Crippen molar-refractivity contribution in [1.29, 1.82) is 0 Å². The number of benzene rings is 1. The van der Waals surface area contributed by atoms with Crippen LogP contribution in [0.4, 0.5) is 0 Å².